The first-order chi connectivity index (χ1) is 6.56. The van der Waals surface area contributed by atoms with Gasteiger partial charge in [0.25, 0.3) is 0 Å². The summed E-state index contributed by atoms with van der Waals surface area (Å²) < 4.78 is 0. The first kappa shape index (κ1) is 11.0. The summed E-state index contributed by atoms with van der Waals surface area (Å²) in [6, 6.07) is 0.456. The number of aliphatic imine (C=N–C) groups is 1. The summed E-state index contributed by atoms with van der Waals surface area (Å²) in [5.41, 5.74) is 3.86. The highest BCUT2D eigenvalue weighted by atomic mass is 15.5. The van der Waals surface area contributed by atoms with E-state index < -0.39 is 0 Å². The van der Waals surface area contributed by atoms with Gasteiger partial charge in [0.15, 0.2) is 0 Å². The van der Waals surface area contributed by atoms with Crippen LogP contribution in [0.1, 0.15) is 20.8 Å². The van der Waals surface area contributed by atoms with Crippen LogP contribution >= 0.6 is 0 Å². The summed E-state index contributed by atoms with van der Waals surface area (Å²) >= 11 is 0. The fourth-order valence-corrected chi connectivity index (χ4v) is 1.17. The molecular formula is C10H18N4. The molecule has 4 heteroatoms. The molecule has 1 rings (SSSR count). The lowest BCUT2D eigenvalue weighted by Gasteiger charge is -2.09. The van der Waals surface area contributed by atoms with E-state index in [4.69, 9.17) is 5.84 Å². The van der Waals surface area contributed by atoms with Gasteiger partial charge in [0.2, 0.25) is 0 Å². The molecular weight excluding hydrogens is 176 g/mol. The van der Waals surface area contributed by atoms with Gasteiger partial charge in [-0.2, -0.15) is 0 Å². The fraction of sp³-hybridized carbons (Fsp3) is 0.600. The van der Waals surface area contributed by atoms with Crippen molar-refractivity contribution >= 4 is 6.72 Å². The summed E-state index contributed by atoms with van der Waals surface area (Å²) in [6.45, 7) is 9.66. The standard InChI is InChI=1S/C10H18N4/c1-7(2)9(12-4)5-6-14(11)10-8(3)13-10/h6-8,10,13H,4,11H2,1-3H3. The Labute approximate surface area is 85.2 Å². The predicted molar refractivity (Wildman–Crippen MR) is 58.4 cm³/mol. The summed E-state index contributed by atoms with van der Waals surface area (Å²) in [5.74, 6) is 6.07. The molecule has 0 spiro atoms. The van der Waals surface area contributed by atoms with Gasteiger partial charge in [0, 0.05) is 12.0 Å². The van der Waals surface area contributed by atoms with Crippen molar-refractivity contribution in [2.75, 3.05) is 0 Å². The quantitative estimate of drug-likeness (QED) is 0.229. The van der Waals surface area contributed by atoms with E-state index in [1.807, 2.05) is 13.8 Å². The molecule has 3 N–H and O–H groups in total. The molecule has 4 nitrogen and oxygen atoms in total. The molecule has 0 aromatic heterocycles. The summed E-state index contributed by atoms with van der Waals surface area (Å²) in [4.78, 5) is 3.88. The van der Waals surface area contributed by atoms with Crippen LogP contribution in [-0.2, 0) is 0 Å². The van der Waals surface area contributed by atoms with Crippen molar-refractivity contribution < 1.29 is 0 Å². The Morgan fingerprint density at radius 2 is 2.29 bits per heavy atom. The molecule has 1 aliphatic rings. The average molecular weight is 194 g/mol. The van der Waals surface area contributed by atoms with Crippen molar-refractivity contribution in [1.82, 2.24) is 10.3 Å². The topological polar surface area (TPSA) is 63.6 Å². The Balaban J connectivity index is 2.63. The van der Waals surface area contributed by atoms with E-state index >= 15 is 0 Å². The van der Waals surface area contributed by atoms with E-state index in [-0.39, 0.29) is 6.17 Å². The Bertz CT molecular complexity index is 276. The Kier molecular flexibility index (Phi) is 3.47. The molecule has 14 heavy (non-hydrogen) atoms. The van der Waals surface area contributed by atoms with Crippen LogP contribution in [0.3, 0.4) is 0 Å². The maximum Gasteiger partial charge on any atom is 0.110 e. The molecule has 0 aromatic rings. The highest BCUT2D eigenvalue weighted by Gasteiger charge is 2.34. The van der Waals surface area contributed by atoms with Crippen molar-refractivity contribution in [3.05, 3.63) is 17.6 Å². The van der Waals surface area contributed by atoms with Crippen molar-refractivity contribution in [2.24, 2.45) is 16.8 Å². The van der Waals surface area contributed by atoms with E-state index in [1.54, 1.807) is 11.2 Å². The third kappa shape index (κ3) is 2.70. The van der Waals surface area contributed by atoms with E-state index in [2.05, 4.69) is 29.7 Å². The van der Waals surface area contributed by atoms with Crippen molar-refractivity contribution in [2.45, 2.75) is 33.0 Å². The second kappa shape index (κ2) is 4.42. The van der Waals surface area contributed by atoms with Crippen LogP contribution < -0.4 is 11.2 Å². The minimum atomic E-state index is 0.237. The summed E-state index contributed by atoms with van der Waals surface area (Å²) in [5, 5.41) is 4.79. The SMILES string of the molecule is C=NC(=C=CN(N)C1NC1C)C(C)C. The third-order valence-electron chi connectivity index (χ3n) is 2.20. The number of hydrogen-bond donors (Lipinski definition) is 2. The van der Waals surface area contributed by atoms with Crippen LogP contribution in [0.15, 0.2) is 22.6 Å². The van der Waals surface area contributed by atoms with Crippen molar-refractivity contribution in [3.8, 4) is 0 Å². The van der Waals surface area contributed by atoms with Gasteiger partial charge in [-0.3, -0.25) is 15.3 Å². The molecule has 0 amide bonds. The van der Waals surface area contributed by atoms with Crippen LogP contribution in [-0.4, -0.2) is 23.9 Å². The van der Waals surface area contributed by atoms with Gasteiger partial charge >= 0.3 is 0 Å². The first-order valence-corrected chi connectivity index (χ1v) is 4.78. The maximum absolute atomic E-state index is 5.75. The summed E-state index contributed by atoms with van der Waals surface area (Å²) in [7, 11) is 0. The Hall–Kier alpha value is -1.09. The monoisotopic (exact) mass is 194 g/mol. The van der Waals surface area contributed by atoms with Gasteiger partial charge in [-0.15, -0.1) is 0 Å². The lowest BCUT2D eigenvalue weighted by molar-refractivity contribution is 0.371. The van der Waals surface area contributed by atoms with E-state index in [0.717, 1.165) is 5.70 Å². The van der Waals surface area contributed by atoms with Gasteiger partial charge < -0.3 is 0 Å². The third-order valence-corrected chi connectivity index (χ3v) is 2.20. The zero-order valence-electron chi connectivity index (χ0n) is 8.99. The van der Waals surface area contributed by atoms with Gasteiger partial charge in [0.05, 0.1) is 11.9 Å². The van der Waals surface area contributed by atoms with Gasteiger partial charge in [-0.1, -0.05) is 19.6 Å². The molecule has 1 heterocycles. The number of nitrogens with zero attached hydrogens (tertiary/aromatic N) is 2. The molecule has 1 saturated heterocycles. The minimum absolute atomic E-state index is 0.237. The molecule has 0 radical (unpaired) electrons. The second-order valence-electron chi connectivity index (χ2n) is 3.82. The van der Waals surface area contributed by atoms with Crippen LogP contribution in [0.4, 0.5) is 0 Å². The van der Waals surface area contributed by atoms with Gasteiger partial charge in [-0.25, -0.2) is 5.84 Å². The minimum Gasteiger partial charge on any atom is -0.292 e. The number of hydrogen-bond acceptors (Lipinski definition) is 4. The molecule has 78 valence electrons. The molecule has 0 aliphatic carbocycles. The van der Waals surface area contributed by atoms with Crippen LogP contribution in [0.2, 0.25) is 0 Å². The van der Waals surface area contributed by atoms with E-state index in [0.29, 0.717) is 12.0 Å². The molecule has 0 bridgehead atoms. The molecule has 1 aliphatic heterocycles. The van der Waals surface area contributed by atoms with Crippen molar-refractivity contribution in [3.63, 3.8) is 0 Å². The smallest absolute Gasteiger partial charge is 0.110 e. The molecule has 1 fully saturated rings. The first-order valence-electron chi connectivity index (χ1n) is 4.78. The van der Waals surface area contributed by atoms with Gasteiger partial charge in [0.1, 0.15) is 6.17 Å². The number of rotatable bonds is 4. The Morgan fingerprint density at radius 3 is 2.64 bits per heavy atom. The Morgan fingerprint density at radius 1 is 1.71 bits per heavy atom. The number of nitrogens with one attached hydrogen (secondary N) is 1. The predicted octanol–water partition coefficient (Wildman–Crippen LogP) is 0.833. The van der Waals surface area contributed by atoms with E-state index in [1.165, 1.54) is 0 Å². The molecule has 2 atom stereocenters. The molecule has 2 unspecified atom stereocenters. The van der Waals surface area contributed by atoms with Crippen LogP contribution in [0.25, 0.3) is 0 Å². The average Bonchev–Trinajstić information content (AvgIpc) is 2.83. The summed E-state index contributed by atoms with van der Waals surface area (Å²) in [6.07, 6.45) is 1.95. The van der Waals surface area contributed by atoms with Crippen LogP contribution in [0.5, 0.6) is 0 Å². The number of allylic oxidation sites excluding steroid dienone is 1. The molecule has 0 saturated carbocycles. The van der Waals surface area contributed by atoms with Gasteiger partial charge in [-0.05, 0) is 13.6 Å². The highest BCUT2D eigenvalue weighted by molar-refractivity contribution is 5.29. The number of nitrogens with two attached hydrogens (primary N) is 1. The number of hydrazine groups is 1. The molecule has 0 aromatic carbocycles. The maximum atomic E-state index is 5.75. The zero-order chi connectivity index (χ0) is 10.7. The second-order valence-corrected chi connectivity index (χ2v) is 3.82. The normalized spacial score (nSPS) is 24.1. The fourth-order valence-electron chi connectivity index (χ4n) is 1.17. The lowest BCUT2D eigenvalue weighted by Crippen LogP contribution is -2.30. The largest absolute Gasteiger partial charge is 0.292 e. The van der Waals surface area contributed by atoms with E-state index in [9.17, 15) is 0 Å². The van der Waals surface area contributed by atoms with Crippen LogP contribution in [0, 0.1) is 5.92 Å². The highest BCUT2D eigenvalue weighted by Crippen LogP contribution is 2.12. The lowest BCUT2D eigenvalue weighted by atomic mass is 10.1. The van der Waals surface area contributed by atoms with Crippen molar-refractivity contribution in [1.29, 1.82) is 0 Å². The zero-order valence-corrected chi connectivity index (χ0v) is 8.99.